The van der Waals surface area contributed by atoms with E-state index < -0.39 is 0 Å². The number of anilines is 1. The van der Waals surface area contributed by atoms with Crippen molar-refractivity contribution in [2.75, 3.05) is 44.6 Å². The van der Waals surface area contributed by atoms with E-state index >= 15 is 0 Å². The van der Waals surface area contributed by atoms with Crippen molar-refractivity contribution in [3.63, 3.8) is 0 Å². The summed E-state index contributed by atoms with van der Waals surface area (Å²) in [5, 5.41) is 8.62. The fraction of sp³-hybridized carbons (Fsp3) is 0.296. The molecule has 1 aliphatic rings. The first kappa shape index (κ1) is 25.2. The van der Waals surface area contributed by atoms with Crippen LogP contribution in [0.15, 0.2) is 77.4 Å². The molecule has 0 bridgehead atoms. The summed E-state index contributed by atoms with van der Waals surface area (Å²) in [5.74, 6) is 0.168. The van der Waals surface area contributed by atoms with Gasteiger partial charge in [0.25, 0.3) is 5.91 Å². The number of piperazine rings is 1. The molecule has 36 heavy (non-hydrogen) atoms. The number of benzene rings is 2. The molecule has 3 amide bonds. The van der Waals surface area contributed by atoms with Crippen LogP contribution < -0.4 is 16.0 Å². The van der Waals surface area contributed by atoms with Crippen LogP contribution in [0.5, 0.6) is 0 Å². The number of para-hydroxylation sites is 1. The Morgan fingerprint density at radius 1 is 0.722 bits per heavy atom. The number of carbonyl (C=O) groups is 3. The number of furan rings is 1. The first-order valence-electron chi connectivity index (χ1n) is 12.0. The van der Waals surface area contributed by atoms with Gasteiger partial charge in [-0.05, 0) is 29.8 Å². The number of carbonyl (C=O) groups excluding carboxylic acids is 3. The molecular weight excluding hydrogens is 458 g/mol. The maximum Gasteiger partial charge on any atom is 0.253 e. The second-order valence-electron chi connectivity index (χ2n) is 8.67. The fourth-order valence-corrected chi connectivity index (χ4v) is 4.02. The molecule has 1 fully saturated rings. The first-order chi connectivity index (χ1) is 17.6. The molecule has 0 saturated carbocycles. The van der Waals surface area contributed by atoms with Gasteiger partial charge in [0, 0.05) is 32.7 Å². The molecule has 0 atom stereocenters. The standard InChI is InChI=1S/C27H31N5O4/c33-25(28-17-21-7-2-1-3-8-21)19-31-12-14-32(15-13-31)20-26(34)30-24-11-5-4-10-23(24)27(35)29-18-22-9-6-16-36-22/h1-11,16H,12-15,17-20H2,(H,28,33)(H,29,35)(H,30,34). The third-order valence-corrected chi connectivity index (χ3v) is 5.98. The summed E-state index contributed by atoms with van der Waals surface area (Å²) in [6, 6.07) is 20.3. The number of hydrogen-bond donors (Lipinski definition) is 3. The van der Waals surface area contributed by atoms with Gasteiger partial charge in [0.15, 0.2) is 0 Å². The average Bonchev–Trinajstić information content (AvgIpc) is 3.42. The van der Waals surface area contributed by atoms with Crippen molar-refractivity contribution in [2.45, 2.75) is 13.1 Å². The first-order valence-corrected chi connectivity index (χ1v) is 12.0. The molecule has 188 valence electrons. The van der Waals surface area contributed by atoms with Gasteiger partial charge in [0.05, 0.1) is 37.1 Å². The molecule has 3 aromatic rings. The number of hydrogen-bond acceptors (Lipinski definition) is 6. The van der Waals surface area contributed by atoms with Crippen LogP contribution in [-0.4, -0.2) is 66.8 Å². The van der Waals surface area contributed by atoms with Crippen LogP contribution >= 0.6 is 0 Å². The van der Waals surface area contributed by atoms with Gasteiger partial charge in [0.1, 0.15) is 5.76 Å². The largest absolute Gasteiger partial charge is 0.467 e. The van der Waals surface area contributed by atoms with Gasteiger partial charge in [-0.3, -0.25) is 24.2 Å². The minimum absolute atomic E-state index is 0.00743. The van der Waals surface area contributed by atoms with E-state index in [2.05, 4.69) is 20.9 Å². The van der Waals surface area contributed by atoms with E-state index in [-0.39, 0.29) is 30.8 Å². The van der Waals surface area contributed by atoms with Crippen molar-refractivity contribution in [1.29, 1.82) is 0 Å². The normalized spacial score (nSPS) is 14.2. The highest BCUT2D eigenvalue weighted by atomic mass is 16.3. The van der Waals surface area contributed by atoms with Crippen molar-refractivity contribution in [2.24, 2.45) is 0 Å². The zero-order valence-corrected chi connectivity index (χ0v) is 20.1. The molecule has 1 aliphatic heterocycles. The highest BCUT2D eigenvalue weighted by Crippen LogP contribution is 2.15. The molecule has 9 heteroatoms. The second kappa shape index (κ2) is 12.7. The summed E-state index contributed by atoms with van der Waals surface area (Å²) in [4.78, 5) is 41.8. The molecule has 0 spiro atoms. The monoisotopic (exact) mass is 489 g/mol. The van der Waals surface area contributed by atoms with Crippen LogP contribution in [0.1, 0.15) is 21.7 Å². The molecule has 0 unspecified atom stereocenters. The Morgan fingerprint density at radius 2 is 1.39 bits per heavy atom. The summed E-state index contributed by atoms with van der Waals surface area (Å²) in [6.07, 6.45) is 1.55. The van der Waals surface area contributed by atoms with E-state index in [0.717, 1.165) is 5.56 Å². The molecule has 2 heterocycles. The van der Waals surface area contributed by atoms with Crippen molar-refractivity contribution < 1.29 is 18.8 Å². The molecule has 4 rings (SSSR count). The third kappa shape index (κ3) is 7.53. The quantitative estimate of drug-likeness (QED) is 0.403. The summed E-state index contributed by atoms with van der Waals surface area (Å²) in [6.45, 7) is 4.12. The molecule has 3 N–H and O–H groups in total. The predicted octanol–water partition coefficient (Wildman–Crippen LogP) is 2.08. The summed E-state index contributed by atoms with van der Waals surface area (Å²) >= 11 is 0. The topological polar surface area (TPSA) is 107 Å². The predicted molar refractivity (Wildman–Crippen MR) is 136 cm³/mol. The summed E-state index contributed by atoms with van der Waals surface area (Å²) < 4.78 is 5.24. The van der Waals surface area contributed by atoms with Gasteiger partial charge in [0.2, 0.25) is 11.8 Å². The minimum Gasteiger partial charge on any atom is -0.467 e. The zero-order chi connectivity index (χ0) is 25.2. The number of nitrogens with zero attached hydrogens (tertiary/aromatic N) is 2. The van der Waals surface area contributed by atoms with Crippen molar-refractivity contribution >= 4 is 23.4 Å². The van der Waals surface area contributed by atoms with Crippen molar-refractivity contribution in [3.05, 3.63) is 89.9 Å². The van der Waals surface area contributed by atoms with Crippen molar-refractivity contribution in [1.82, 2.24) is 20.4 Å². The Balaban J connectivity index is 1.19. The van der Waals surface area contributed by atoms with Crippen LogP contribution in [0.2, 0.25) is 0 Å². The van der Waals surface area contributed by atoms with Gasteiger partial charge in [-0.15, -0.1) is 0 Å². The van der Waals surface area contributed by atoms with E-state index in [1.807, 2.05) is 35.2 Å². The lowest BCUT2D eigenvalue weighted by atomic mass is 10.1. The van der Waals surface area contributed by atoms with Gasteiger partial charge in [-0.25, -0.2) is 0 Å². The van der Waals surface area contributed by atoms with Gasteiger partial charge >= 0.3 is 0 Å². The maximum absolute atomic E-state index is 12.7. The number of amides is 3. The lowest BCUT2D eigenvalue weighted by Gasteiger charge is -2.33. The van der Waals surface area contributed by atoms with E-state index in [1.54, 1.807) is 42.7 Å². The highest BCUT2D eigenvalue weighted by Gasteiger charge is 2.21. The molecule has 1 aromatic heterocycles. The van der Waals surface area contributed by atoms with E-state index in [4.69, 9.17) is 4.42 Å². The Hall–Kier alpha value is -3.95. The van der Waals surface area contributed by atoms with E-state index in [0.29, 0.717) is 56.3 Å². The van der Waals surface area contributed by atoms with Crippen LogP contribution in [-0.2, 0) is 22.7 Å². The summed E-state index contributed by atoms with van der Waals surface area (Å²) in [5.41, 5.74) is 1.93. The minimum atomic E-state index is -0.290. The lowest BCUT2D eigenvalue weighted by Crippen LogP contribution is -2.51. The molecule has 1 saturated heterocycles. The SMILES string of the molecule is O=C(CN1CCN(CC(=O)Nc2ccccc2C(=O)NCc2ccco2)CC1)NCc1ccccc1. The Morgan fingerprint density at radius 3 is 2.08 bits per heavy atom. The van der Waals surface area contributed by atoms with Gasteiger partial charge in [-0.1, -0.05) is 42.5 Å². The maximum atomic E-state index is 12.7. The van der Waals surface area contributed by atoms with Crippen LogP contribution in [0, 0.1) is 0 Å². The summed E-state index contributed by atoms with van der Waals surface area (Å²) in [7, 11) is 0. The smallest absolute Gasteiger partial charge is 0.253 e. The molecule has 0 aliphatic carbocycles. The molecule has 9 nitrogen and oxygen atoms in total. The van der Waals surface area contributed by atoms with Crippen LogP contribution in [0.4, 0.5) is 5.69 Å². The molecule has 0 radical (unpaired) electrons. The van der Waals surface area contributed by atoms with E-state index in [9.17, 15) is 14.4 Å². The molecular formula is C27H31N5O4. The fourth-order valence-electron chi connectivity index (χ4n) is 4.02. The average molecular weight is 490 g/mol. The van der Waals surface area contributed by atoms with Crippen LogP contribution in [0.3, 0.4) is 0 Å². The van der Waals surface area contributed by atoms with Gasteiger partial charge < -0.3 is 20.4 Å². The molecule has 2 aromatic carbocycles. The van der Waals surface area contributed by atoms with E-state index in [1.165, 1.54) is 0 Å². The highest BCUT2D eigenvalue weighted by molar-refractivity contribution is 6.04. The Kier molecular flexibility index (Phi) is 8.85. The number of nitrogens with one attached hydrogen (secondary N) is 3. The van der Waals surface area contributed by atoms with Crippen LogP contribution in [0.25, 0.3) is 0 Å². The van der Waals surface area contributed by atoms with Gasteiger partial charge in [-0.2, -0.15) is 0 Å². The van der Waals surface area contributed by atoms with Crippen molar-refractivity contribution in [3.8, 4) is 0 Å². The zero-order valence-electron chi connectivity index (χ0n) is 20.1. The Labute approximate surface area is 210 Å². The second-order valence-corrected chi connectivity index (χ2v) is 8.67. The number of rotatable bonds is 10. The lowest BCUT2D eigenvalue weighted by molar-refractivity contribution is -0.123. The Bertz CT molecular complexity index is 1140. The third-order valence-electron chi connectivity index (χ3n) is 5.98.